The molecule has 2 N–H and O–H groups in total. The molecule has 0 amide bonds. The molecule has 1 atom stereocenters. The maximum absolute atomic E-state index is 10.8. The number of hydrogen-bond donors (Lipinski definition) is 2. The Labute approximate surface area is 84.5 Å². The molecule has 4 nitrogen and oxygen atoms in total. The van der Waals surface area contributed by atoms with E-state index in [4.69, 9.17) is 10.2 Å². The van der Waals surface area contributed by atoms with E-state index in [1.165, 1.54) is 19.3 Å². The molecule has 0 aliphatic carbocycles. The first-order valence-electron chi connectivity index (χ1n) is 5.30. The first kappa shape index (κ1) is 11.5. The molecule has 1 unspecified atom stereocenters. The number of carboxylic acid groups (broad SMARTS) is 1. The molecule has 0 aromatic heterocycles. The minimum atomic E-state index is -0.787. The number of carbonyl (C=O) groups is 1. The highest BCUT2D eigenvalue weighted by Crippen LogP contribution is 2.12. The highest BCUT2D eigenvalue weighted by atomic mass is 16.4. The molecule has 0 bridgehead atoms. The molecule has 1 heterocycles. The SMILES string of the molecule is O=C(O)C(CCO)CN1CCCCC1. The van der Waals surface area contributed by atoms with Crippen LogP contribution in [0.5, 0.6) is 0 Å². The molecule has 1 saturated heterocycles. The molecular formula is C10H19NO3. The van der Waals surface area contributed by atoms with Crippen molar-refractivity contribution in [2.75, 3.05) is 26.2 Å². The highest BCUT2D eigenvalue weighted by Gasteiger charge is 2.21. The fraction of sp³-hybridized carbons (Fsp3) is 0.900. The predicted molar refractivity (Wildman–Crippen MR) is 53.1 cm³/mol. The molecule has 1 fully saturated rings. The van der Waals surface area contributed by atoms with Crippen LogP contribution in [0.4, 0.5) is 0 Å². The molecule has 0 spiro atoms. The van der Waals surface area contributed by atoms with E-state index in [0.29, 0.717) is 13.0 Å². The van der Waals surface area contributed by atoms with Crippen molar-refractivity contribution in [2.45, 2.75) is 25.7 Å². The zero-order valence-corrected chi connectivity index (χ0v) is 8.48. The second-order valence-electron chi connectivity index (χ2n) is 3.91. The summed E-state index contributed by atoms with van der Waals surface area (Å²) in [6, 6.07) is 0. The first-order chi connectivity index (χ1) is 6.74. The number of hydrogen-bond acceptors (Lipinski definition) is 3. The van der Waals surface area contributed by atoms with Gasteiger partial charge in [0.1, 0.15) is 0 Å². The summed E-state index contributed by atoms with van der Waals surface area (Å²) < 4.78 is 0. The predicted octanol–water partition coefficient (Wildman–Crippen LogP) is 0.555. The average molecular weight is 201 g/mol. The Bertz CT molecular complexity index is 178. The van der Waals surface area contributed by atoms with Gasteiger partial charge in [-0.3, -0.25) is 4.79 Å². The quantitative estimate of drug-likeness (QED) is 0.682. The smallest absolute Gasteiger partial charge is 0.307 e. The summed E-state index contributed by atoms with van der Waals surface area (Å²) in [6.07, 6.45) is 3.97. The summed E-state index contributed by atoms with van der Waals surface area (Å²) in [5.41, 5.74) is 0. The number of aliphatic carboxylic acids is 1. The van der Waals surface area contributed by atoms with Crippen molar-refractivity contribution in [1.82, 2.24) is 4.90 Å². The van der Waals surface area contributed by atoms with Crippen LogP contribution in [0, 0.1) is 5.92 Å². The summed E-state index contributed by atoms with van der Waals surface area (Å²) in [5, 5.41) is 17.6. The minimum Gasteiger partial charge on any atom is -0.481 e. The molecule has 14 heavy (non-hydrogen) atoms. The van der Waals surface area contributed by atoms with Crippen molar-refractivity contribution >= 4 is 5.97 Å². The Hall–Kier alpha value is -0.610. The van der Waals surface area contributed by atoms with Crippen LogP contribution < -0.4 is 0 Å². The summed E-state index contributed by atoms with van der Waals surface area (Å²) in [4.78, 5) is 13.0. The number of carboxylic acids is 1. The van der Waals surface area contributed by atoms with Crippen molar-refractivity contribution < 1.29 is 15.0 Å². The van der Waals surface area contributed by atoms with Gasteiger partial charge in [-0.15, -0.1) is 0 Å². The zero-order chi connectivity index (χ0) is 10.4. The monoisotopic (exact) mass is 201 g/mol. The van der Waals surface area contributed by atoms with E-state index in [9.17, 15) is 4.79 Å². The van der Waals surface area contributed by atoms with Crippen LogP contribution in [0.25, 0.3) is 0 Å². The molecule has 1 aliphatic rings. The van der Waals surface area contributed by atoms with Gasteiger partial charge in [-0.05, 0) is 32.4 Å². The van der Waals surface area contributed by atoms with Gasteiger partial charge < -0.3 is 15.1 Å². The third kappa shape index (κ3) is 3.64. The molecular weight excluding hydrogens is 182 g/mol. The molecule has 0 saturated carbocycles. The second-order valence-corrected chi connectivity index (χ2v) is 3.91. The normalized spacial score (nSPS) is 20.6. The lowest BCUT2D eigenvalue weighted by atomic mass is 10.0. The van der Waals surface area contributed by atoms with Crippen LogP contribution in [0.2, 0.25) is 0 Å². The maximum atomic E-state index is 10.8. The fourth-order valence-corrected chi connectivity index (χ4v) is 1.90. The number of likely N-dealkylation sites (tertiary alicyclic amines) is 1. The Kier molecular flexibility index (Phi) is 4.90. The van der Waals surface area contributed by atoms with E-state index in [2.05, 4.69) is 4.90 Å². The van der Waals surface area contributed by atoms with E-state index in [1.807, 2.05) is 0 Å². The Morgan fingerprint density at radius 2 is 1.93 bits per heavy atom. The second kappa shape index (κ2) is 5.98. The van der Waals surface area contributed by atoms with E-state index in [-0.39, 0.29) is 6.61 Å². The van der Waals surface area contributed by atoms with Gasteiger partial charge in [0.15, 0.2) is 0 Å². The van der Waals surface area contributed by atoms with Gasteiger partial charge in [0.2, 0.25) is 0 Å². The van der Waals surface area contributed by atoms with Gasteiger partial charge in [-0.2, -0.15) is 0 Å². The van der Waals surface area contributed by atoms with Gasteiger partial charge >= 0.3 is 5.97 Å². The molecule has 0 aromatic carbocycles. The molecule has 82 valence electrons. The lowest BCUT2D eigenvalue weighted by molar-refractivity contribution is -0.143. The third-order valence-electron chi connectivity index (χ3n) is 2.75. The van der Waals surface area contributed by atoms with Crippen molar-refractivity contribution in [3.05, 3.63) is 0 Å². The number of piperidine rings is 1. The summed E-state index contributed by atoms with van der Waals surface area (Å²) in [6.45, 7) is 2.57. The van der Waals surface area contributed by atoms with Crippen molar-refractivity contribution in [3.8, 4) is 0 Å². The Balaban J connectivity index is 2.33. The van der Waals surface area contributed by atoms with E-state index in [0.717, 1.165) is 13.1 Å². The lowest BCUT2D eigenvalue weighted by Gasteiger charge is -2.28. The van der Waals surface area contributed by atoms with Gasteiger partial charge in [-0.1, -0.05) is 6.42 Å². The van der Waals surface area contributed by atoms with Crippen LogP contribution in [-0.4, -0.2) is 47.3 Å². The summed E-state index contributed by atoms with van der Waals surface area (Å²) >= 11 is 0. The highest BCUT2D eigenvalue weighted by molar-refractivity contribution is 5.70. The molecule has 1 rings (SSSR count). The Morgan fingerprint density at radius 1 is 1.29 bits per heavy atom. The van der Waals surface area contributed by atoms with Crippen LogP contribution in [0.15, 0.2) is 0 Å². The van der Waals surface area contributed by atoms with Crippen molar-refractivity contribution in [3.63, 3.8) is 0 Å². The average Bonchev–Trinajstić information content (AvgIpc) is 2.18. The zero-order valence-electron chi connectivity index (χ0n) is 8.48. The van der Waals surface area contributed by atoms with Crippen LogP contribution >= 0.6 is 0 Å². The van der Waals surface area contributed by atoms with Gasteiger partial charge in [0.25, 0.3) is 0 Å². The number of rotatable bonds is 5. The minimum absolute atomic E-state index is 0.0369. The van der Waals surface area contributed by atoms with Crippen molar-refractivity contribution in [2.24, 2.45) is 5.92 Å². The summed E-state index contributed by atoms with van der Waals surface area (Å²) in [7, 11) is 0. The van der Waals surface area contributed by atoms with Crippen LogP contribution in [-0.2, 0) is 4.79 Å². The maximum Gasteiger partial charge on any atom is 0.307 e. The topological polar surface area (TPSA) is 60.8 Å². The van der Waals surface area contributed by atoms with Gasteiger partial charge in [0.05, 0.1) is 5.92 Å². The van der Waals surface area contributed by atoms with Crippen molar-refractivity contribution in [1.29, 1.82) is 0 Å². The first-order valence-corrected chi connectivity index (χ1v) is 5.30. The molecule has 4 heteroatoms. The van der Waals surface area contributed by atoms with E-state index in [1.54, 1.807) is 0 Å². The lowest BCUT2D eigenvalue weighted by Crippen LogP contribution is -2.37. The summed E-state index contributed by atoms with van der Waals surface area (Å²) in [5.74, 6) is -1.19. The van der Waals surface area contributed by atoms with Crippen LogP contribution in [0.3, 0.4) is 0 Å². The number of nitrogens with zero attached hydrogens (tertiary/aromatic N) is 1. The fourth-order valence-electron chi connectivity index (χ4n) is 1.90. The number of aliphatic hydroxyl groups excluding tert-OH is 1. The van der Waals surface area contributed by atoms with Gasteiger partial charge in [-0.25, -0.2) is 0 Å². The molecule has 0 radical (unpaired) electrons. The van der Waals surface area contributed by atoms with Crippen LogP contribution in [0.1, 0.15) is 25.7 Å². The number of aliphatic hydroxyl groups is 1. The third-order valence-corrected chi connectivity index (χ3v) is 2.75. The van der Waals surface area contributed by atoms with Gasteiger partial charge in [0, 0.05) is 13.2 Å². The standard InChI is InChI=1S/C10H19NO3/c12-7-4-9(10(13)14)8-11-5-2-1-3-6-11/h9,12H,1-8H2,(H,13,14). The largest absolute Gasteiger partial charge is 0.481 e. The Morgan fingerprint density at radius 3 is 2.43 bits per heavy atom. The van der Waals surface area contributed by atoms with E-state index < -0.39 is 11.9 Å². The molecule has 0 aromatic rings. The molecule has 1 aliphatic heterocycles. The van der Waals surface area contributed by atoms with E-state index >= 15 is 0 Å².